The molecule has 0 fully saturated rings. The largest absolute Gasteiger partial charge is 0.493 e. The van der Waals surface area contributed by atoms with Crippen LogP contribution in [0.1, 0.15) is 64.2 Å². The molecular weight excluding hydrogens is 468 g/mol. The average Bonchev–Trinajstić information content (AvgIpc) is 2.91. The van der Waals surface area contributed by atoms with Gasteiger partial charge in [-0.15, -0.1) is 0 Å². The summed E-state index contributed by atoms with van der Waals surface area (Å²) in [6.07, 6.45) is 12.5. The Labute approximate surface area is 217 Å². The van der Waals surface area contributed by atoms with E-state index in [1.165, 1.54) is 57.8 Å². The fraction of sp³-hybridized carbons (Fsp3) is 0.500. The summed E-state index contributed by atoms with van der Waals surface area (Å²) in [5.41, 5.74) is 1.68. The summed E-state index contributed by atoms with van der Waals surface area (Å²) in [5, 5.41) is 0.895. The zero-order valence-electron chi connectivity index (χ0n) is 22.2. The highest BCUT2D eigenvalue weighted by atomic mass is 28.4. The summed E-state index contributed by atoms with van der Waals surface area (Å²) >= 11 is 0. The van der Waals surface area contributed by atoms with Gasteiger partial charge in [-0.1, -0.05) is 88.1 Å². The minimum Gasteiger partial charge on any atom is -0.493 e. The van der Waals surface area contributed by atoms with E-state index in [1.54, 1.807) is 14.2 Å². The van der Waals surface area contributed by atoms with Crippen molar-refractivity contribution >= 4 is 19.5 Å². The molecule has 0 saturated heterocycles. The highest BCUT2D eigenvalue weighted by Gasteiger charge is 2.27. The second-order valence-corrected chi connectivity index (χ2v) is 13.3. The molecule has 3 rings (SSSR count). The van der Waals surface area contributed by atoms with Crippen molar-refractivity contribution in [3.8, 4) is 16.9 Å². The Morgan fingerprint density at radius 2 is 1.36 bits per heavy atom. The second kappa shape index (κ2) is 15.0. The molecule has 5 nitrogen and oxygen atoms in total. The van der Waals surface area contributed by atoms with E-state index in [2.05, 4.69) is 6.55 Å². The third-order valence-corrected chi connectivity index (χ3v) is 9.94. The zero-order valence-corrected chi connectivity index (χ0v) is 23.2. The molecule has 2 aromatic carbocycles. The van der Waals surface area contributed by atoms with Gasteiger partial charge in [0.2, 0.25) is 0 Å². The van der Waals surface area contributed by atoms with Crippen LogP contribution in [0.25, 0.3) is 22.1 Å². The number of rotatable bonds is 17. The fourth-order valence-corrected chi connectivity index (χ4v) is 5.91. The van der Waals surface area contributed by atoms with E-state index in [4.69, 9.17) is 18.0 Å². The Morgan fingerprint density at radius 3 is 2.00 bits per heavy atom. The molecule has 0 atom stereocenters. The predicted octanol–water partition coefficient (Wildman–Crippen LogP) is 8.10. The summed E-state index contributed by atoms with van der Waals surface area (Å²) < 4.78 is 22.6. The van der Waals surface area contributed by atoms with E-state index < -0.39 is 8.56 Å². The molecule has 6 heteroatoms. The maximum absolute atomic E-state index is 12.5. The van der Waals surface area contributed by atoms with E-state index in [9.17, 15) is 4.79 Å². The van der Waals surface area contributed by atoms with E-state index in [-0.39, 0.29) is 5.63 Å². The van der Waals surface area contributed by atoms with Gasteiger partial charge in [-0.05, 0) is 42.8 Å². The lowest BCUT2D eigenvalue weighted by molar-refractivity contribution is 0.248. The maximum Gasteiger partial charge on any atom is 0.344 e. The molecule has 1 heterocycles. The molecule has 3 aromatic rings. The predicted molar refractivity (Wildman–Crippen MR) is 150 cm³/mol. The SMILES string of the molecule is CO[Si](C)(CCCCCCCCCCCCOc1ccc2cc(-c3ccccc3)c(=O)oc2c1)OC. The van der Waals surface area contributed by atoms with Crippen molar-refractivity contribution in [3.05, 3.63) is 65.0 Å². The summed E-state index contributed by atoms with van der Waals surface area (Å²) in [4.78, 5) is 12.5. The van der Waals surface area contributed by atoms with Gasteiger partial charge < -0.3 is 18.0 Å². The van der Waals surface area contributed by atoms with Crippen molar-refractivity contribution < 1.29 is 18.0 Å². The number of benzene rings is 2. The van der Waals surface area contributed by atoms with Crippen LogP contribution in [-0.2, 0) is 8.85 Å². The van der Waals surface area contributed by atoms with E-state index >= 15 is 0 Å². The van der Waals surface area contributed by atoms with Crippen molar-refractivity contribution in [2.45, 2.75) is 76.8 Å². The third-order valence-electron chi connectivity index (χ3n) is 6.95. The molecule has 0 saturated carbocycles. The average molecular weight is 511 g/mol. The summed E-state index contributed by atoms with van der Waals surface area (Å²) in [7, 11) is 1.67. The first-order chi connectivity index (χ1) is 17.5. The molecule has 0 aliphatic carbocycles. The Morgan fingerprint density at radius 1 is 0.750 bits per heavy atom. The lowest BCUT2D eigenvalue weighted by Crippen LogP contribution is -2.35. The second-order valence-electron chi connectivity index (χ2n) is 9.69. The van der Waals surface area contributed by atoms with Crippen molar-refractivity contribution in [3.63, 3.8) is 0 Å². The van der Waals surface area contributed by atoms with Crippen LogP contribution in [0.2, 0.25) is 12.6 Å². The Kier molecular flexibility index (Phi) is 11.7. The quantitative estimate of drug-likeness (QED) is 0.104. The normalized spacial score (nSPS) is 11.8. The Balaban J connectivity index is 1.26. The molecule has 1 aromatic heterocycles. The van der Waals surface area contributed by atoms with Crippen LogP contribution in [0.5, 0.6) is 5.75 Å². The maximum atomic E-state index is 12.5. The first kappa shape index (κ1) is 28.2. The van der Waals surface area contributed by atoms with Crippen molar-refractivity contribution in [1.29, 1.82) is 0 Å². The Hall–Kier alpha value is -2.41. The van der Waals surface area contributed by atoms with Crippen LogP contribution in [0, 0.1) is 0 Å². The Bertz CT molecular complexity index is 1090. The summed E-state index contributed by atoms with van der Waals surface area (Å²) in [6, 6.07) is 18.3. The molecule has 196 valence electrons. The third kappa shape index (κ3) is 8.91. The van der Waals surface area contributed by atoms with Gasteiger partial charge in [0.1, 0.15) is 11.3 Å². The van der Waals surface area contributed by atoms with E-state index in [1.807, 2.05) is 54.6 Å². The van der Waals surface area contributed by atoms with Gasteiger partial charge in [-0.3, -0.25) is 0 Å². The van der Waals surface area contributed by atoms with Gasteiger partial charge in [0.05, 0.1) is 12.2 Å². The van der Waals surface area contributed by atoms with Crippen molar-refractivity contribution in [2.24, 2.45) is 0 Å². The standard InChI is InChI=1S/C30H42O5Si/c1-32-36(3,33-2)22-16-11-9-7-5-4-6-8-10-15-21-34-27-20-19-26-23-28(25-17-13-12-14-18-25)30(31)35-29(26)24-27/h12-14,17-20,23-24H,4-11,15-16,21-22H2,1-3H3. The number of unbranched alkanes of at least 4 members (excludes halogenated alkanes) is 9. The molecule has 0 aliphatic rings. The summed E-state index contributed by atoms with van der Waals surface area (Å²) in [6.45, 7) is 2.82. The topological polar surface area (TPSA) is 57.9 Å². The molecule has 0 amide bonds. The molecule has 0 radical (unpaired) electrons. The van der Waals surface area contributed by atoms with Crippen LogP contribution >= 0.6 is 0 Å². The van der Waals surface area contributed by atoms with Gasteiger partial charge in [-0.25, -0.2) is 4.79 Å². The van der Waals surface area contributed by atoms with Crippen molar-refractivity contribution in [1.82, 2.24) is 0 Å². The lowest BCUT2D eigenvalue weighted by Gasteiger charge is -2.22. The number of ether oxygens (including phenoxy) is 1. The van der Waals surface area contributed by atoms with Gasteiger partial charge in [0, 0.05) is 25.7 Å². The van der Waals surface area contributed by atoms with Gasteiger partial charge >= 0.3 is 14.2 Å². The molecular formula is C30H42O5Si. The van der Waals surface area contributed by atoms with E-state index in [0.717, 1.165) is 29.2 Å². The first-order valence-electron chi connectivity index (χ1n) is 13.4. The minimum atomic E-state index is -1.87. The van der Waals surface area contributed by atoms with Crippen LogP contribution < -0.4 is 10.4 Å². The number of hydrogen-bond donors (Lipinski definition) is 0. The number of hydrogen-bond acceptors (Lipinski definition) is 5. The highest BCUT2D eigenvalue weighted by molar-refractivity contribution is 6.65. The molecule has 36 heavy (non-hydrogen) atoms. The highest BCUT2D eigenvalue weighted by Crippen LogP contribution is 2.24. The summed E-state index contributed by atoms with van der Waals surface area (Å²) in [5.74, 6) is 0.747. The molecule has 0 bridgehead atoms. The number of fused-ring (bicyclic) bond motifs is 1. The fourth-order valence-electron chi connectivity index (χ4n) is 4.44. The van der Waals surface area contributed by atoms with Gasteiger partial charge in [0.25, 0.3) is 0 Å². The van der Waals surface area contributed by atoms with E-state index in [0.29, 0.717) is 17.8 Å². The van der Waals surface area contributed by atoms with Crippen LogP contribution in [0.3, 0.4) is 0 Å². The smallest absolute Gasteiger partial charge is 0.344 e. The first-order valence-corrected chi connectivity index (χ1v) is 15.9. The molecule has 0 unspecified atom stereocenters. The van der Waals surface area contributed by atoms with Gasteiger partial charge in [-0.2, -0.15) is 0 Å². The monoisotopic (exact) mass is 510 g/mol. The van der Waals surface area contributed by atoms with Crippen LogP contribution in [-0.4, -0.2) is 29.4 Å². The minimum absolute atomic E-state index is 0.326. The zero-order chi connectivity index (χ0) is 25.6. The van der Waals surface area contributed by atoms with Crippen LogP contribution in [0.4, 0.5) is 0 Å². The molecule has 0 N–H and O–H groups in total. The molecule has 0 aliphatic heterocycles. The van der Waals surface area contributed by atoms with Gasteiger partial charge in [0.15, 0.2) is 0 Å². The lowest BCUT2D eigenvalue weighted by atomic mass is 10.1. The van der Waals surface area contributed by atoms with Crippen LogP contribution in [0.15, 0.2) is 63.8 Å². The molecule has 0 spiro atoms. The van der Waals surface area contributed by atoms with Crippen molar-refractivity contribution in [2.75, 3.05) is 20.8 Å².